The smallest absolute Gasteiger partial charge is 0.414 e. The van der Waals surface area contributed by atoms with Crippen LogP contribution in [0.2, 0.25) is 36.3 Å². The van der Waals surface area contributed by atoms with Crippen LogP contribution in [0.1, 0.15) is 41.5 Å². The quantitative estimate of drug-likeness (QED) is 0.309. The van der Waals surface area contributed by atoms with Crippen LogP contribution in [0.15, 0.2) is 0 Å². The summed E-state index contributed by atoms with van der Waals surface area (Å²) < 4.78 is 84.1. The Labute approximate surface area is 186 Å². The Hall–Kier alpha value is -0.0262. The van der Waals surface area contributed by atoms with Gasteiger partial charge in [0.05, 0.1) is 6.61 Å². The molecule has 0 spiro atoms. The highest BCUT2D eigenvalue weighted by atomic mass is 32.2. The average Bonchev–Trinajstić information content (AvgIpc) is 2.77. The van der Waals surface area contributed by atoms with Crippen molar-refractivity contribution < 1.29 is 44.5 Å². The van der Waals surface area contributed by atoms with Gasteiger partial charge in [0.2, 0.25) is 0 Å². The van der Waals surface area contributed by atoms with Crippen molar-refractivity contribution in [2.45, 2.75) is 108 Å². The van der Waals surface area contributed by atoms with E-state index in [9.17, 15) is 26.7 Å². The zero-order chi connectivity index (χ0) is 24.8. The van der Waals surface area contributed by atoms with Gasteiger partial charge in [-0.05, 0) is 36.3 Å². The van der Waals surface area contributed by atoms with E-state index in [1.807, 2.05) is 67.7 Å². The second-order valence-electron chi connectivity index (χ2n) is 10.9. The zero-order valence-electron chi connectivity index (χ0n) is 20.0. The highest BCUT2D eigenvalue weighted by molar-refractivity contribution is 7.87. The summed E-state index contributed by atoms with van der Waals surface area (Å²) in [6.07, 6.45) is -6.03. The molecule has 1 aliphatic heterocycles. The van der Waals surface area contributed by atoms with Crippen LogP contribution in [-0.4, -0.2) is 66.9 Å². The summed E-state index contributed by atoms with van der Waals surface area (Å²) in [7, 11) is -10.8. The van der Waals surface area contributed by atoms with Gasteiger partial charge in [-0.3, -0.25) is 4.18 Å². The van der Waals surface area contributed by atoms with Crippen LogP contribution in [0.3, 0.4) is 0 Å². The molecule has 13 heteroatoms. The lowest BCUT2D eigenvalue weighted by Crippen LogP contribution is -2.52. The predicted molar refractivity (Wildman–Crippen MR) is 116 cm³/mol. The molecule has 0 unspecified atom stereocenters. The van der Waals surface area contributed by atoms with Crippen molar-refractivity contribution in [2.24, 2.45) is 0 Å². The van der Waals surface area contributed by atoms with Crippen LogP contribution in [-0.2, 0) is 27.9 Å². The van der Waals surface area contributed by atoms with Crippen molar-refractivity contribution in [2.75, 3.05) is 6.61 Å². The number of aliphatic hydroxyl groups is 1. The third kappa shape index (κ3) is 6.74. The first-order valence-electron chi connectivity index (χ1n) is 10.1. The minimum absolute atomic E-state index is 0.0707. The van der Waals surface area contributed by atoms with E-state index in [0.717, 1.165) is 0 Å². The maximum absolute atomic E-state index is 12.9. The molecule has 0 aromatic rings. The van der Waals surface area contributed by atoms with Gasteiger partial charge in [-0.2, -0.15) is 21.6 Å². The molecule has 31 heavy (non-hydrogen) atoms. The van der Waals surface area contributed by atoms with E-state index in [1.165, 1.54) is 0 Å². The molecule has 1 heterocycles. The molecule has 0 aromatic carbocycles. The molecule has 1 rings (SSSR count). The highest BCUT2D eigenvalue weighted by Crippen LogP contribution is 2.42. The molecule has 0 radical (unpaired) electrons. The van der Waals surface area contributed by atoms with Crippen LogP contribution in [0.25, 0.3) is 0 Å². The molecule has 0 amide bonds. The molecule has 0 bridgehead atoms. The van der Waals surface area contributed by atoms with Crippen molar-refractivity contribution in [3.63, 3.8) is 0 Å². The minimum atomic E-state index is -5.96. The standard InChI is InChI=1S/C18H37F3O7SSi2/c1-16(2,3)30(7,8)25-11-12-13(28-31(9,10)17(4,5)6)14(15(22)26-12)27-29(23,24)18(19,20)21/h12-15,22H,11H2,1-10H3/t12-,13-,14-,15-/m1/s1. The number of alkyl halides is 3. The zero-order valence-corrected chi connectivity index (χ0v) is 22.8. The van der Waals surface area contributed by atoms with E-state index >= 15 is 0 Å². The topological polar surface area (TPSA) is 91.3 Å². The van der Waals surface area contributed by atoms with Crippen molar-refractivity contribution in [3.05, 3.63) is 0 Å². The molecular formula is C18H37F3O7SSi2. The van der Waals surface area contributed by atoms with E-state index in [4.69, 9.17) is 13.6 Å². The molecule has 1 aliphatic rings. The van der Waals surface area contributed by atoms with Crippen molar-refractivity contribution in [3.8, 4) is 0 Å². The summed E-state index contributed by atoms with van der Waals surface area (Å²) in [5, 5.41) is 9.78. The molecule has 0 saturated carbocycles. The molecule has 7 nitrogen and oxygen atoms in total. The number of hydrogen-bond acceptors (Lipinski definition) is 7. The molecule has 186 valence electrons. The first kappa shape index (κ1) is 29.0. The molecule has 4 atom stereocenters. The van der Waals surface area contributed by atoms with Gasteiger partial charge in [0.1, 0.15) is 12.2 Å². The van der Waals surface area contributed by atoms with Crippen molar-refractivity contribution in [1.29, 1.82) is 0 Å². The lowest BCUT2D eigenvalue weighted by atomic mass is 10.1. The van der Waals surface area contributed by atoms with Gasteiger partial charge in [0, 0.05) is 0 Å². The van der Waals surface area contributed by atoms with Crippen LogP contribution in [0.5, 0.6) is 0 Å². The summed E-state index contributed by atoms with van der Waals surface area (Å²) in [5.74, 6) is 0. The van der Waals surface area contributed by atoms with Gasteiger partial charge in [0.15, 0.2) is 29.0 Å². The summed E-state index contributed by atoms with van der Waals surface area (Å²) >= 11 is 0. The van der Waals surface area contributed by atoms with Gasteiger partial charge >= 0.3 is 15.6 Å². The third-order valence-electron chi connectivity index (χ3n) is 6.46. The summed E-state index contributed by atoms with van der Waals surface area (Å²) in [4.78, 5) is 0. The fourth-order valence-electron chi connectivity index (χ4n) is 2.31. The molecule has 0 aliphatic carbocycles. The Morgan fingerprint density at radius 1 is 0.903 bits per heavy atom. The fraction of sp³-hybridized carbons (Fsp3) is 1.00. The van der Waals surface area contributed by atoms with Gasteiger partial charge in [-0.1, -0.05) is 41.5 Å². The molecule has 0 aromatic heterocycles. The highest BCUT2D eigenvalue weighted by Gasteiger charge is 2.56. The fourth-order valence-corrected chi connectivity index (χ4v) is 5.25. The van der Waals surface area contributed by atoms with Crippen LogP contribution in [0.4, 0.5) is 13.2 Å². The summed E-state index contributed by atoms with van der Waals surface area (Å²) in [6, 6.07) is 0. The number of rotatable bonds is 7. The minimum Gasteiger partial charge on any atom is -0.414 e. The second-order valence-corrected chi connectivity index (χ2v) is 22.1. The monoisotopic (exact) mass is 510 g/mol. The van der Waals surface area contributed by atoms with Crippen molar-refractivity contribution >= 4 is 26.8 Å². The number of ether oxygens (including phenoxy) is 1. The maximum Gasteiger partial charge on any atom is 0.523 e. The van der Waals surface area contributed by atoms with E-state index in [1.54, 1.807) is 0 Å². The third-order valence-corrected chi connectivity index (χ3v) is 16.5. The van der Waals surface area contributed by atoms with Crippen molar-refractivity contribution in [1.82, 2.24) is 0 Å². The number of hydrogen-bond donors (Lipinski definition) is 1. The van der Waals surface area contributed by atoms with Gasteiger partial charge in [-0.25, -0.2) is 0 Å². The largest absolute Gasteiger partial charge is 0.523 e. The Morgan fingerprint density at radius 3 is 1.74 bits per heavy atom. The molecule has 1 fully saturated rings. The first-order valence-corrected chi connectivity index (χ1v) is 17.3. The number of halogens is 3. The molecule has 1 N–H and O–H groups in total. The first-order chi connectivity index (χ1) is 13.4. The van der Waals surface area contributed by atoms with E-state index < -0.39 is 56.9 Å². The summed E-state index contributed by atoms with van der Waals surface area (Å²) in [6.45, 7) is 19.5. The van der Waals surface area contributed by atoms with E-state index in [0.29, 0.717) is 0 Å². The van der Waals surface area contributed by atoms with Crippen LogP contribution < -0.4 is 0 Å². The Kier molecular flexibility index (Phi) is 8.39. The lowest BCUT2D eigenvalue weighted by Gasteiger charge is -2.41. The Morgan fingerprint density at radius 2 is 1.35 bits per heavy atom. The maximum atomic E-state index is 12.9. The SMILES string of the molecule is CC(C)(C)[Si](C)(C)OC[C@H]1O[C@@H](O)[C@H](OS(=O)(=O)C(F)(F)F)[C@@H]1O[Si](C)(C)C(C)(C)C. The van der Waals surface area contributed by atoms with Gasteiger partial charge in [-0.15, -0.1) is 0 Å². The Bertz CT molecular complexity index is 728. The average molecular weight is 511 g/mol. The number of aliphatic hydroxyl groups excluding tert-OH is 1. The Balaban J connectivity index is 3.26. The van der Waals surface area contributed by atoms with E-state index in [2.05, 4.69) is 4.18 Å². The molecular weight excluding hydrogens is 473 g/mol. The van der Waals surface area contributed by atoms with Crippen LogP contribution in [0, 0.1) is 0 Å². The predicted octanol–water partition coefficient (Wildman–Crippen LogP) is 4.35. The summed E-state index contributed by atoms with van der Waals surface area (Å²) in [5.41, 5.74) is -5.63. The van der Waals surface area contributed by atoms with Crippen LogP contribution >= 0.6 is 0 Å². The van der Waals surface area contributed by atoms with Gasteiger partial charge < -0.3 is 18.7 Å². The second kappa shape index (κ2) is 8.97. The van der Waals surface area contributed by atoms with E-state index in [-0.39, 0.29) is 16.7 Å². The lowest BCUT2D eigenvalue weighted by molar-refractivity contribution is -0.130. The molecule has 1 saturated heterocycles. The normalized spacial score (nSPS) is 27.0. The van der Waals surface area contributed by atoms with Gasteiger partial charge in [0.25, 0.3) is 0 Å².